The quantitative estimate of drug-likeness (QED) is 0.467. The predicted octanol–water partition coefficient (Wildman–Crippen LogP) is 6.05. The maximum Gasteiger partial charge on any atom is 0.168 e. The Labute approximate surface area is 154 Å². The zero-order valence-corrected chi connectivity index (χ0v) is 15.4. The van der Waals surface area contributed by atoms with E-state index in [-0.39, 0.29) is 17.4 Å². The van der Waals surface area contributed by atoms with E-state index in [1.807, 2.05) is 6.08 Å². The minimum Gasteiger partial charge on any atom is -0.491 e. The predicted molar refractivity (Wildman–Crippen MR) is 97.7 cm³/mol. The van der Waals surface area contributed by atoms with Crippen molar-refractivity contribution in [3.63, 3.8) is 0 Å². The molecule has 1 aromatic rings. The normalized spacial score (nSPS) is 22.5. The second-order valence-electron chi connectivity index (χ2n) is 6.94. The van der Waals surface area contributed by atoms with Crippen LogP contribution in [-0.4, -0.2) is 25.6 Å². The van der Waals surface area contributed by atoms with Crippen LogP contribution in [-0.2, 0) is 0 Å². The number of ether oxygens (including phenoxy) is 2. The molecule has 0 bridgehead atoms. The second-order valence-corrected chi connectivity index (χ2v) is 6.94. The van der Waals surface area contributed by atoms with E-state index < -0.39 is 24.8 Å². The van der Waals surface area contributed by atoms with Gasteiger partial charge in [0, 0.05) is 6.07 Å². The van der Waals surface area contributed by atoms with Gasteiger partial charge < -0.3 is 9.47 Å². The van der Waals surface area contributed by atoms with Gasteiger partial charge in [0.2, 0.25) is 0 Å². The molecule has 1 aliphatic carbocycles. The van der Waals surface area contributed by atoms with Gasteiger partial charge in [0.15, 0.2) is 17.7 Å². The lowest BCUT2D eigenvalue weighted by molar-refractivity contribution is 0.0491. The molecule has 0 radical (unpaired) electrons. The van der Waals surface area contributed by atoms with Crippen LogP contribution in [0.2, 0.25) is 0 Å². The van der Waals surface area contributed by atoms with Gasteiger partial charge in [-0.2, -0.15) is 0 Å². The molecule has 2 unspecified atom stereocenters. The number of halogens is 3. The molecule has 0 N–H and O–H groups in total. The molecular formula is C21H29F3O2. The standard InChI is InChI=1S/C21H29F3O2/c1-3-5-6-15-7-9-16(10-8-15)21(24)19(23)14-26-17-11-12-20(25-4-2)18(22)13-17/h3,11-13,15-16,19,21H,1,4-10,14H2,2H3. The number of alkyl halides is 2. The van der Waals surface area contributed by atoms with Gasteiger partial charge in [-0.1, -0.05) is 18.9 Å². The molecule has 0 aliphatic heterocycles. The third kappa shape index (κ3) is 5.96. The number of allylic oxidation sites excluding steroid dienone is 1. The Hall–Kier alpha value is -1.65. The summed E-state index contributed by atoms with van der Waals surface area (Å²) < 4.78 is 52.8. The zero-order valence-electron chi connectivity index (χ0n) is 15.4. The topological polar surface area (TPSA) is 18.5 Å². The van der Waals surface area contributed by atoms with Crippen molar-refractivity contribution < 1.29 is 22.6 Å². The Kier molecular flexibility index (Phi) is 8.33. The molecule has 1 aromatic carbocycles. The Morgan fingerprint density at radius 1 is 1.19 bits per heavy atom. The second kappa shape index (κ2) is 10.5. The van der Waals surface area contributed by atoms with Crippen molar-refractivity contribution in [2.45, 2.75) is 57.8 Å². The molecule has 0 spiro atoms. The zero-order chi connectivity index (χ0) is 18.9. The first-order valence-electron chi connectivity index (χ1n) is 9.49. The minimum absolute atomic E-state index is 0.119. The van der Waals surface area contributed by atoms with Crippen LogP contribution in [0.5, 0.6) is 11.5 Å². The summed E-state index contributed by atoms with van der Waals surface area (Å²) in [6.45, 7) is 5.42. The summed E-state index contributed by atoms with van der Waals surface area (Å²) in [5.41, 5.74) is 0. The summed E-state index contributed by atoms with van der Waals surface area (Å²) in [7, 11) is 0. The van der Waals surface area contributed by atoms with E-state index >= 15 is 0 Å². The van der Waals surface area contributed by atoms with Crippen LogP contribution in [0.1, 0.15) is 45.4 Å². The van der Waals surface area contributed by atoms with Gasteiger partial charge in [0.25, 0.3) is 0 Å². The monoisotopic (exact) mass is 370 g/mol. The fourth-order valence-electron chi connectivity index (χ4n) is 3.56. The molecular weight excluding hydrogens is 341 g/mol. The summed E-state index contributed by atoms with van der Waals surface area (Å²) in [6.07, 6.45) is 4.02. The maximum absolute atomic E-state index is 14.4. The summed E-state index contributed by atoms with van der Waals surface area (Å²) >= 11 is 0. The molecule has 0 heterocycles. The first-order valence-corrected chi connectivity index (χ1v) is 9.49. The summed E-state index contributed by atoms with van der Waals surface area (Å²) in [5.74, 6) is 0.0554. The first-order chi connectivity index (χ1) is 12.5. The van der Waals surface area contributed by atoms with Crippen molar-refractivity contribution in [1.82, 2.24) is 0 Å². The van der Waals surface area contributed by atoms with Gasteiger partial charge in [0.1, 0.15) is 18.5 Å². The Morgan fingerprint density at radius 2 is 1.92 bits per heavy atom. The van der Waals surface area contributed by atoms with Crippen molar-refractivity contribution in [2.24, 2.45) is 11.8 Å². The van der Waals surface area contributed by atoms with Crippen LogP contribution in [0.3, 0.4) is 0 Å². The van der Waals surface area contributed by atoms with E-state index in [2.05, 4.69) is 6.58 Å². The lowest BCUT2D eigenvalue weighted by Crippen LogP contribution is -2.33. The Morgan fingerprint density at radius 3 is 2.54 bits per heavy atom. The molecule has 2 rings (SSSR count). The summed E-state index contributed by atoms with van der Waals surface area (Å²) in [6, 6.07) is 4.06. The molecule has 1 aliphatic rings. The highest BCUT2D eigenvalue weighted by molar-refractivity contribution is 5.33. The van der Waals surface area contributed by atoms with Gasteiger partial charge in [-0.25, -0.2) is 13.2 Å². The molecule has 5 heteroatoms. The largest absolute Gasteiger partial charge is 0.491 e. The molecule has 1 fully saturated rings. The van der Waals surface area contributed by atoms with Crippen LogP contribution in [0.4, 0.5) is 13.2 Å². The third-order valence-electron chi connectivity index (χ3n) is 5.08. The smallest absolute Gasteiger partial charge is 0.168 e. The molecule has 0 amide bonds. The number of hydrogen-bond acceptors (Lipinski definition) is 2. The molecule has 146 valence electrons. The van der Waals surface area contributed by atoms with Gasteiger partial charge >= 0.3 is 0 Å². The van der Waals surface area contributed by atoms with Crippen molar-refractivity contribution in [2.75, 3.05) is 13.2 Å². The van der Waals surface area contributed by atoms with E-state index in [4.69, 9.17) is 9.47 Å². The maximum atomic E-state index is 14.4. The van der Waals surface area contributed by atoms with Crippen LogP contribution in [0.15, 0.2) is 30.9 Å². The summed E-state index contributed by atoms with van der Waals surface area (Å²) in [4.78, 5) is 0. The van der Waals surface area contributed by atoms with E-state index in [1.54, 1.807) is 6.92 Å². The van der Waals surface area contributed by atoms with Crippen LogP contribution in [0.25, 0.3) is 0 Å². The highest BCUT2D eigenvalue weighted by atomic mass is 19.2. The van der Waals surface area contributed by atoms with Gasteiger partial charge in [-0.3, -0.25) is 0 Å². The highest BCUT2D eigenvalue weighted by Crippen LogP contribution is 2.36. The lowest BCUT2D eigenvalue weighted by atomic mass is 9.77. The summed E-state index contributed by atoms with van der Waals surface area (Å²) in [5, 5.41) is 0. The molecule has 1 saturated carbocycles. The van der Waals surface area contributed by atoms with E-state index in [0.29, 0.717) is 25.4 Å². The minimum atomic E-state index is -1.71. The lowest BCUT2D eigenvalue weighted by Gasteiger charge is -2.31. The van der Waals surface area contributed by atoms with Crippen LogP contribution >= 0.6 is 0 Å². The molecule has 26 heavy (non-hydrogen) atoms. The molecule has 2 atom stereocenters. The number of benzene rings is 1. The van der Waals surface area contributed by atoms with Crippen molar-refractivity contribution >= 4 is 0 Å². The Balaban J connectivity index is 1.78. The molecule has 0 saturated heterocycles. The van der Waals surface area contributed by atoms with Gasteiger partial charge in [-0.05, 0) is 56.6 Å². The SMILES string of the molecule is C=CCCC1CCC(C(F)C(F)COc2ccc(OCC)c(F)c2)CC1. The number of hydrogen-bond donors (Lipinski definition) is 0. The highest BCUT2D eigenvalue weighted by Gasteiger charge is 2.33. The van der Waals surface area contributed by atoms with Crippen molar-refractivity contribution in [1.29, 1.82) is 0 Å². The first kappa shape index (κ1) is 20.7. The van der Waals surface area contributed by atoms with Crippen LogP contribution in [0, 0.1) is 17.7 Å². The Bertz CT molecular complexity index is 556. The fraction of sp³-hybridized carbons (Fsp3) is 0.619. The van der Waals surface area contributed by atoms with E-state index in [9.17, 15) is 13.2 Å². The number of rotatable bonds is 10. The van der Waals surface area contributed by atoms with E-state index in [0.717, 1.165) is 31.7 Å². The van der Waals surface area contributed by atoms with E-state index in [1.165, 1.54) is 12.1 Å². The molecule has 0 aromatic heterocycles. The average Bonchev–Trinajstić information content (AvgIpc) is 2.66. The average molecular weight is 370 g/mol. The van der Waals surface area contributed by atoms with Gasteiger partial charge in [-0.15, -0.1) is 6.58 Å². The fourth-order valence-corrected chi connectivity index (χ4v) is 3.56. The molecule has 2 nitrogen and oxygen atoms in total. The third-order valence-corrected chi connectivity index (χ3v) is 5.08. The van der Waals surface area contributed by atoms with Gasteiger partial charge in [0.05, 0.1) is 6.61 Å². The van der Waals surface area contributed by atoms with Crippen LogP contribution < -0.4 is 9.47 Å². The van der Waals surface area contributed by atoms with Crippen molar-refractivity contribution in [3.8, 4) is 11.5 Å². The van der Waals surface area contributed by atoms with Crippen molar-refractivity contribution in [3.05, 3.63) is 36.7 Å².